The van der Waals surface area contributed by atoms with E-state index in [0.717, 1.165) is 57.9 Å². The van der Waals surface area contributed by atoms with Gasteiger partial charge in [0.15, 0.2) is 0 Å². The molecule has 1 aliphatic heterocycles. The van der Waals surface area contributed by atoms with E-state index in [9.17, 15) is 9.90 Å². The predicted octanol–water partition coefficient (Wildman–Crippen LogP) is 6.53. The first kappa shape index (κ1) is 27.0. The Hall–Kier alpha value is -0.870. The van der Waals surface area contributed by atoms with Crippen LogP contribution in [0.4, 0.5) is 0 Å². The van der Waals surface area contributed by atoms with Crippen molar-refractivity contribution in [3.05, 3.63) is 12.2 Å². The topological polar surface area (TPSA) is 43.8 Å². The van der Waals surface area contributed by atoms with Crippen molar-refractivity contribution in [1.29, 1.82) is 0 Å². The number of hydrogen-bond acceptors (Lipinski definition) is 3. The van der Waals surface area contributed by atoms with Crippen molar-refractivity contribution in [3.8, 4) is 0 Å². The zero-order valence-electron chi connectivity index (χ0n) is 25.7. The Morgan fingerprint density at radius 1 is 0.872 bits per heavy atom. The third-order valence-corrected chi connectivity index (χ3v) is 15.4. The number of aliphatic hydroxyl groups is 1. The van der Waals surface area contributed by atoms with E-state index in [1.54, 1.807) is 0 Å². The van der Waals surface area contributed by atoms with Gasteiger partial charge in [0.1, 0.15) is 0 Å². The van der Waals surface area contributed by atoms with Crippen LogP contribution in [0.3, 0.4) is 0 Å². The lowest BCUT2D eigenvalue weighted by Crippen LogP contribution is -2.61. The molecule has 39 heavy (non-hydrogen) atoms. The second kappa shape index (κ2) is 8.59. The van der Waals surface area contributed by atoms with Crippen molar-refractivity contribution in [2.45, 2.75) is 111 Å². The Labute approximate surface area is 238 Å². The van der Waals surface area contributed by atoms with Crippen LogP contribution in [0, 0.1) is 56.7 Å². The SMILES string of the molecule is C=C(C)[C@@H]1CC[C@]2(C(=O)N3CCN(CC)CC3)CC[C@@]34C[C@]35CC[C@H]3C(C)(C)C(O)CC[C@]3(C)[C@H]5CC[C@@H]4[C@@H]12. The normalized spacial score (nSPS) is 52.1. The Kier molecular flexibility index (Phi) is 5.94. The van der Waals surface area contributed by atoms with Gasteiger partial charge in [-0.25, -0.2) is 0 Å². The van der Waals surface area contributed by atoms with E-state index in [0.29, 0.717) is 45.8 Å². The molecule has 2 spiro atoms. The first-order chi connectivity index (χ1) is 18.5. The van der Waals surface area contributed by atoms with Gasteiger partial charge in [-0.3, -0.25) is 4.79 Å². The minimum absolute atomic E-state index is 0.0277. The highest BCUT2D eigenvalue weighted by molar-refractivity contribution is 5.84. The second-order valence-electron chi connectivity index (χ2n) is 16.6. The van der Waals surface area contributed by atoms with Crippen molar-refractivity contribution >= 4 is 5.91 Å². The minimum atomic E-state index is -0.149. The van der Waals surface area contributed by atoms with Crippen molar-refractivity contribution in [1.82, 2.24) is 9.80 Å². The number of hydrogen-bond donors (Lipinski definition) is 1. The average Bonchev–Trinajstić information content (AvgIpc) is 3.40. The van der Waals surface area contributed by atoms with E-state index in [-0.39, 0.29) is 16.9 Å². The fourth-order valence-electron chi connectivity index (χ4n) is 13.5. The molecule has 6 saturated carbocycles. The lowest BCUT2D eigenvalue weighted by molar-refractivity contribution is -0.187. The van der Waals surface area contributed by atoms with Crippen LogP contribution in [0.5, 0.6) is 0 Å². The van der Waals surface area contributed by atoms with Crippen molar-refractivity contribution in [2.24, 2.45) is 56.7 Å². The number of aliphatic hydroxyl groups excluding tert-OH is 1. The largest absolute Gasteiger partial charge is 0.393 e. The van der Waals surface area contributed by atoms with E-state index in [1.165, 1.54) is 56.9 Å². The number of fused-ring (bicyclic) bond motifs is 4. The van der Waals surface area contributed by atoms with Gasteiger partial charge in [-0.05, 0) is 135 Å². The number of allylic oxidation sites excluding steroid dienone is 1. The molecular weight excluding hydrogens is 480 g/mol. The number of nitrogens with zero attached hydrogens (tertiary/aromatic N) is 2. The monoisotopic (exact) mass is 536 g/mol. The summed E-state index contributed by atoms with van der Waals surface area (Å²) in [6.45, 7) is 21.4. The summed E-state index contributed by atoms with van der Waals surface area (Å²) >= 11 is 0. The zero-order chi connectivity index (χ0) is 27.6. The fourth-order valence-corrected chi connectivity index (χ4v) is 13.5. The number of piperazine rings is 1. The molecule has 6 aliphatic carbocycles. The molecule has 7 fully saturated rings. The van der Waals surface area contributed by atoms with Gasteiger partial charge in [-0.15, -0.1) is 0 Å². The van der Waals surface area contributed by atoms with Crippen molar-refractivity contribution < 1.29 is 9.90 Å². The van der Waals surface area contributed by atoms with Gasteiger partial charge >= 0.3 is 0 Å². The van der Waals surface area contributed by atoms with Crippen LogP contribution in [0.25, 0.3) is 0 Å². The molecule has 1 heterocycles. The summed E-state index contributed by atoms with van der Waals surface area (Å²) in [4.78, 5) is 19.4. The molecule has 1 amide bonds. The highest BCUT2D eigenvalue weighted by atomic mass is 16.3. The molecule has 0 bridgehead atoms. The molecule has 0 aromatic heterocycles. The maximum absolute atomic E-state index is 14.6. The van der Waals surface area contributed by atoms with Crippen LogP contribution < -0.4 is 0 Å². The molecule has 4 nitrogen and oxygen atoms in total. The molecule has 0 radical (unpaired) electrons. The molecular formula is C35H56N2O2. The van der Waals surface area contributed by atoms with E-state index in [1.807, 2.05) is 0 Å². The maximum atomic E-state index is 14.6. The highest BCUT2D eigenvalue weighted by Gasteiger charge is 2.82. The van der Waals surface area contributed by atoms with Gasteiger partial charge in [-0.2, -0.15) is 0 Å². The number of rotatable bonds is 3. The lowest BCUT2D eigenvalue weighted by Gasteiger charge is -2.65. The number of amides is 1. The van der Waals surface area contributed by atoms with E-state index < -0.39 is 0 Å². The van der Waals surface area contributed by atoms with Crippen LogP contribution in [-0.2, 0) is 4.79 Å². The smallest absolute Gasteiger partial charge is 0.229 e. The third-order valence-electron chi connectivity index (χ3n) is 15.4. The highest BCUT2D eigenvalue weighted by Crippen LogP contribution is 2.88. The molecule has 1 saturated heterocycles. The summed E-state index contributed by atoms with van der Waals surface area (Å²) in [5.74, 6) is 3.71. The van der Waals surface area contributed by atoms with Crippen molar-refractivity contribution in [3.63, 3.8) is 0 Å². The number of carbonyl (C=O) groups excluding carboxylic acids is 1. The van der Waals surface area contributed by atoms with E-state index in [4.69, 9.17) is 0 Å². The summed E-state index contributed by atoms with van der Waals surface area (Å²) in [6.07, 6.45) is 13.5. The van der Waals surface area contributed by atoms with Crippen molar-refractivity contribution in [2.75, 3.05) is 32.7 Å². The van der Waals surface area contributed by atoms with Gasteiger partial charge in [-0.1, -0.05) is 39.8 Å². The van der Waals surface area contributed by atoms with Gasteiger partial charge < -0.3 is 14.9 Å². The summed E-state index contributed by atoms with van der Waals surface area (Å²) in [5.41, 5.74) is 2.57. The number of likely N-dealkylation sites (N-methyl/N-ethyl adjacent to an activating group) is 1. The Morgan fingerprint density at radius 3 is 2.31 bits per heavy atom. The van der Waals surface area contributed by atoms with Crippen LogP contribution >= 0.6 is 0 Å². The van der Waals surface area contributed by atoms with Gasteiger partial charge in [0.25, 0.3) is 0 Å². The average molecular weight is 537 g/mol. The first-order valence-corrected chi connectivity index (χ1v) is 16.8. The predicted molar refractivity (Wildman–Crippen MR) is 157 cm³/mol. The fraction of sp³-hybridized carbons (Fsp3) is 0.914. The Bertz CT molecular complexity index is 1050. The molecule has 218 valence electrons. The molecule has 7 aliphatic rings. The Balaban J connectivity index is 1.21. The standard InChI is InChI=1S/C35H56N2O2/c1-7-36-18-20-37(21-19-36)30(39)33-14-10-24(23(2)3)29(33)25-8-9-27-32(6)13-12-28(38)31(4,5)26(32)11-15-35(27)22-34(25,35)17-16-33/h24-29,38H,2,7-22H2,1,3-6H3/t24-,25+,26-,27+,28?,29+,32-,33-,34-,35-/m0/s1. The molecule has 7 rings (SSSR count). The maximum Gasteiger partial charge on any atom is 0.229 e. The molecule has 10 atom stereocenters. The minimum Gasteiger partial charge on any atom is -0.393 e. The summed E-state index contributed by atoms with van der Waals surface area (Å²) < 4.78 is 0. The molecule has 0 aromatic carbocycles. The third kappa shape index (κ3) is 3.28. The summed E-state index contributed by atoms with van der Waals surface area (Å²) in [6, 6.07) is 0. The lowest BCUT2D eigenvalue weighted by atomic mass is 9.40. The molecule has 0 aromatic rings. The molecule has 4 heteroatoms. The molecule has 1 N–H and O–H groups in total. The van der Waals surface area contributed by atoms with Gasteiger partial charge in [0.05, 0.1) is 11.5 Å². The van der Waals surface area contributed by atoms with Gasteiger partial charge in [0.2, 0.25) is 5.91 Å². The number of carbonyl (C=O) groups is 1. The molecule has 1 unspecified atom stereocenters. The summed E-state index contributed by atoms with van der Waals surface area (Å²) in [7, 11) is 0. The zero-order valence-corrected chi connectivity index (χ0v) is 25.7. The van der Waals surface area contributed by atoms with Crippen LogP contribution in [0.2, 0.25) is 0 Å². The first-order valence-electron chi connectivity index (χ1n) is 16.8. The van der Waals surface area contributed by atoms with Gasteiger partial charge in [0, 0.05) is 26.2 Å². The van der Waals surface area contributed by atoms with Crippen LogP contribution in [-0.4, -0.2) is 59.6 Å². The van der Waals surface area contributed by atoms with E-state index in [2.05, 4.69) is 51.0 Å². The quantitative estimate of drug-likeness (QED) is 0.417. The van der Waals surface area contributed by atoms with Crippen LogP contribution in [0.15, 0.2) is 12.2 Å². The second-order valence-corrected chi connectivity index (χ2v) is 16.6. The van der Waals surface area contributed by atoms with Crippen LogP contribution in [0.1, 0.15) is 105 Å². The summed E-state index contributed by atoms with van der Waals surface area (Å²) in [5, 5.41) is 11.0. The van der Waals surface area contributed by atoms with E-state index >= 15 is 0 Å². The Morgan fingerprint density at radius 2 is 1.62 bits per heavy atom.